The second-order valence-corrected chi connectivity index (χ2v) is 4.72. The number of piperazine rings is 1. The van der Waals surface area contributed by atoms with Gasteiger partial charge in [-0.3, -0.25) is 4.79 Å². The largest absolute Gasteiger partial charge is 0.379 e. The smallest absolute Gasteiger partial charge is 0.224 e. The summed E-state index contributed by atoms with van der Waals surface area (Å²) in [4.78, 5) is 13.7. The first-order valence-electron chi connectivity index (χ1n) is 7.56. The topological polar surface area (TPSA) is 60.0 Å². The van der Waals surface area contributed by atoms with E-state index in [2.05, 4.69) is 12.2 Å². The number of nitrogens with zero attached hydrogens (tertiary/aromatic N) is 1. The van der Waals surface area contributed by atoms with Crippen LogP contribution in [0.5, 0.6) is 0 Å². The lowest BCUT2D eigenvalue weighted by Gasteiger charge is -2.27. The van der Waals surface area contributed by atoms with Crippen molar-refractivity contribution >= 4 is 5.91 Å². The molecular weight excluding hydrogens is 260 g/mol. The summed E-state index contributed by atoms with van der Waals surface area (Å²) in [6.07, 6.45) is 1.49. The number of amides is 1. The fourth-order valence-electron chi connectivity index (χ4n) is 1.92. The van der Waals surface area contributed by atoms with Crippen LogP contribution in [-0.4, -0.2) is 76.6 Å². The fourth-order valence-corrected chi connectivity index (χ4v) is 1.92. The molecule has 6 nitrogen and oxygen atoms in total. The zero-order valence-corrected chi connectivity index (χ0v) is 12.6. The summed E-state index contributed by atoms with van der Waals surface area (Å²) in [7, 11) is 0. The van der Waals surface area contributed by atoms with Crippen LogP contribution in [0.2, 0.25) is 0 Å². The van der Waals surface area contributed by atoms with Gasteiger partial charge in [0.2, 0.25) is 5.91 Å². The Morgan fingerprint density at radius 1 is 0.950 bits per heavy atom. The Morgan fingerprint density at radius 2 is 1.50 bits per heavy atom. The first-order chi connectivity index (χ1) is 9.84. The Balaban J connectivity index is 1.83. The van der Waals surface area contributed by atoms with Crippen molar-refractivity contribution in [2.24, 2.45) is 0 Å². The third-order valence-corrected chi connectivity index (χ3v) is 3.02. The van der Waals surface area contributed by atoms with Crippen LogP contribution in [0.3, 0.4) is 0 Å². The lowest BCUT2D eigenvalue weighted by Crippen LogP contribution is -2.46. The Kier molecular flexibility index (Phi) is 10.5. The third-order valence-electron chi connectivity index (χ3n) is 3.02. The van der Waals surface area contributed by atoms with E-state index in [0.717, 1.165) is 39.2 Å². The van der Waals surface area contributed by atoms with Gasteiger partial charge in [0, 0.05) is 32.8 Å². The van der Waals surface area contributed by atoms with Gasteiger partial charge in [0.1, 0.15) is 0 Å². The summed E-state index contributed by atoms with van der Waals surface area (Å²) >= 11 is 0. The normalized spacial score (nSPS) is 15.6. The standard InChI is InChI=1S/C14H28N2O4/c1-2-8-18-10-12-20-13-11-19-9-3-14(17)16-6-4-15-5-7-16/h15H,2-13H2,1H3. The molecule has 1 saturated heterocycles. The van der Waals surface area contributed by atoms with Gasteiger partial charge in [0.05, 0.1) is 39.5 Å². The van der Waals surface area contributed by atoms with Crippen LogP contribution < -0.4 is 5.32 Å². The van der Waals surface area contributed by atoms with E-state index in [1.54, 1.807) is 0 Å². The molecule has 0 aliphatic carbocycles. The van der Waals surface area contributed by atoms with Gasteiger partial charge in [0.15, 0.2) is 0 Å². The van der Waals surface area contributed by atoms with Crippen molar-refractivity contribution in [1.29, 1.82) is 0 Å². The maximum absolute atomic E-state index is 11.8. The van der Waals surface area contributed by atoms with E-state index in [9.17, 15) is 4.79 Å². The van der Waals surface area contributed by atoms with E-state index >= 15 is 0 Å². The molecule has 0 bridgehead atoms. The van der Waals surface area contributed by atoms with E-state index in [0.29, 0.717) is 39.5 Å². The van der Waals surface area contributed by atoms with E-state index in [-0.39, 0.29) is 5.91 Å². The van der Waals surface area contributed by atoms with Crippen LogP contribution in [0.15, 0.2) is 0 Å². The average molecular weight is 288 g/mol. The quantitative estimate of drug-likeness (QED) is 0.553. The fraction of sp³-hybridized carbons (Fsp3) is 0.929. The molecule has 1 N–H and O–H groups in total. The number of carbonyl (C=O) groups excluding carboxylic acids is 1. The second kappa shape index (κ2) is 12.1. The number of rotatable bonds is 11. The number of hydrogen-bond donors (Lipinski definition) is 1. The molecule has 0 aromatic rings. The average Bonchev–Trinajstić information content (AvgIpc) is 2.50. The van der Waals surface area contributed by atoms with Crippen LogP contribution in [0.1, 0.15) is 19.8 Å². The lowest BCUT2D eigenvalue weighted by atomic mass is 10.3. The van der Waals surface area contributed by atoms with Gasteiger partial charge in [-0.05, 0) is 6.42 Å². The van der Waals surface area contributed by atoms with Crippen molar-refractivity contribution in [2.75, 3.05) is 65.8 Å². The second-order valence-electron chi connectivity index (χ2n) is 4.72. The van der Waals surface area contributed by atoms with Gasteiger partial charge in [0.25, 0.3) is 0 Å². The molecule has 20 heavy (non-hydrogen) atoms. The molecule has 1 aliphatic rings. The van der Waals surface area contributed by atoms with Gasteiger partial charge in [-0.1, -0.05) is 6.92 Å². The summed E-state index contributed by atoms with van der Waals surface area (Å²) in [6, 6.07) is 0. The summed E-state index contributed by atoms with van der Waals surface area (Å²) in [5, 5.41) is 3.23. The van der Waals surface area contributed by atoms with Crippen LogP contribution in [0.25, 0.3) is 0 Å². The molecule has 0 radical (unpaired) electrons. The summed E-state index contributed by atoms with van der Waals surface area (Å²) < 4.78 is 16.0. The minimum Gasteiger partial charge on any atom is -0.379 e. The molecule has 1 amide bonds. The maximum Gasteiger partial charge on any atom is 0.224 e. The van der Waals surface area contributed by atoms with Gasteiger partial charge >= 0.3 is 0 Å². The lowest BCUT2D eigenvalue weighted by molar-refractivity contribution is -0.133. The highest BCUT2D eigenvalue weighted by Gasteiger charge is 2.15. The van der Waals surface area contributed by atoms with E-state index < -0.39 is 0 Å². The van der Waals surface area contributed by atoms with Crippen molar-refractivity contribution in [3.63, 3.8) is 0 Å². The molecular formula is C14H28N2O4. The van der Waals surface area contributed by atoms with Crippen molar-refractivity contribution in [1.82, 2.24) is 10.2 Å². The molecule has 1 fully saturated rings. The zero-order chi connectivity index (χ0) is 14.5. The first-order valence-corrected chi connectivity index (χ1v) is 7.56. The summed E-state index contributed by atoms with van der Waals surface area (Å²) in [5.41, 5.74) is 0. The van der Waals surface area contributed by atoms with Gasteiger partial charge < -0.3 is 24.4 Å². The number of hydrogen-bond acceptors (Lipinski definition) is 5. The summed E-state index contributed by atoms with van der Waals surface area (Å²) in [5.74, 6) is 0.181. The first kappa shape index (κ1) is 17.4. The molecule has 1 rings (SSSR count). The number of carbonyl (C=O) groups is 1. The third kappa shape index (κ3) is 8.47. The highest BCUT2D eigenvalue weighted by Crippen LogP contribution is 1.97. The Hall–Kier alpha value is -0.690. The van der Waals surface area contributed by atoms with Crippen LogP contribution in [0.4, 0.5) is 0 Å². The molecule has 0 saturated carbocycles. The number of nitrogens with one attached hydrogen (secondary N) is 1. The van der Waals surface area contributed by atoms with Crippen molar-refractivity contribution < 1.29 is 19.0 Å². The van der Waals surface area contributed by atoms with Crippen molar-refractivity contribution in [3.8, 4) is 0 Å². The molecule has 0 atom stereocenters. The molecule has 6 heteroatoms. The predicted octanol–water partition coefficient (Wildman–Crippen LogP) is 0.268. The SMILES string of the molecule is CCCOCCOCCOCCC(=O)N1CCNCC1. The molecule has 0 aromatic carbocycles. The maximum atomic E-state index is 11.8. The van der Waals surface area contributed by atoms with E-state index in [4.69, 9.17) is 14.2 Å². The minimum atomic E-state index is 0.181. The van der Waals surface area contributed by atoms with Gasteiger partial charge in [-0.15, -0.1) is 0 Å². The number of ether oxygens (including phenoxy) is 3. The van der Waals surface area contributed by atoms with E-state index in [1.165, 1.54) is 0 Å². The summed E-state index contributed by atoms with van der Waals surface area (Å²) in [6.45, 7) is 9.04. The van der Waals surface area contributed by atoms with Crippen LogP contribution in [0, 0.1) is 0 Å². The van der Waals surface area contributed by atoms with Crippen molar-refractivity contribution in [2.45, 2.75) is 19.8 Å². The molecule has 0 aromatic heterocycles. The van der Waals surface area contributed by atoms with Crippen LogP contribution in [-0.2, 0) is 19.0 Å². The van der Waals surface area contributed by atoms with Crippen LogP contribution >= 0.6 is 0 Å². The monoisotopic (exact) mass is 288 g/mol. The molecule has 118 valence electrons. The Labute approximate surface area is 121 Å². The molecule has 1 aliphatic heterocycles. The zero-order valence-electron chi connectivity index (χ0n) is 12.6. The molecule has 0 unspecified atom stereocenters. The Morgan fingerprint density at radius 3 is 2.10 bits per heavy atom. The highest BCUT2D eigenvalue weighted by molar-refractivity contribution is 5.76. The van der Waals surface area contributed by atoms with Gasteiger partial charge in [-0.25, -0.2) is 0 Å². The molecule has 1 heterocycles. The Bertz CT molecular complexity index is 245. The van der Waals surface area contributed by atoms with Gasteiger partial charge in [-0.2, -0.15) is 0 Å². The molecule has 0 spiro atoms. The van der Waals surface area contributed by atoms with Crippen molar-refractivity contribution in [3.05, 3.63) is 0 Å². The highest BCUT2D eigenvalue weighted by atomic mass is 16.5. The van der Waals surface area contributed by atoms with E-state index in [1.807, 2.05) is 4.90 Å². The predicted molar refractivity (Wildman–Crippen MR) is 76.8 cm³/mol. The minimum absolute atomic E-state index is 0.181.